The van der Waals surface area contributed by atoms with E-state index in [1.165, 1.54) is 18.4 Å². The minimum absolute atomic E-state index is 0.768. The topological polar surface area (TPSA) is 42.7 Å². The van der Waals surface area contributed by atoms with Crippen LogP contribution in [0.15, 0.2) is 36.8 Å². The van der Waals surface area contributed by atoms with Crippen LogP contribution in [0.25, 0.3) is 16.9 Å². The predicted molar refractivity (Wildman–Crippen MR) is 89.1 cm³/mol. The SMILES string of the molecule is c1cc2c(c(-c3cnc4c(N5CCCC5)nccn34)c1)OCC2. The van der Waals surface area contributed by atoms with Gasteiger partial charge in [-0.3, -0.25) is 4.40 Å². The van der Waals surface area contributed by atoms with Crippen LogP contribution in [0.1, 0.15) is 18.4 Å². The molecule has 5 rings (SSSR count). The molecule has 0 spiro atoms. The van der Waals surface area contributed by atoms with Crippen LogP contribution in [0.5, 0.6) is 5.75 Å². The fraction of sp³-hybridized carbons (Fsp3) is 0.333. The van der Waals surface area contributed by atoms with Gasteiger partial charge in [-0.05, 0) is 24.5 Å². The second kappa shape index (κ2) is 4.98. The van der Waals surface area contributed by atoms with Gasteiger partial charge in [-0.25, -0.2) is 9.97 Å². The Kier molecular flexibility index (Phi) is 2.80. The van der Waals surface area contributed by atoms with Crippen LogP contribution in [0, 0.1) is 0 Å². The van der Waals surface area contributed by atoms with E-state index in [1.807, 2.05) is 18.6 Å². The van der Waals surface area contributed by atoms with Crippen molar-refractivity contribution in [3.63, 3.8) is 0 Å². The summed E-state index contributed by atoms with van der Waals surface area (Å²) in [6.45, 7) is 2.90. The van der Waals surface area contributed by atoms with E-state index in [0.717, 1.165) is 54.6 Å². The van der Waals surface area contributed by atoms with Crippen molar-refractivity contribution < 1.29 is 4.74 Å². The number of imidazole rings is 1. The number of hydrogen-bond donors (Lipinski definition) is 0. The van der Waals surface area contributed by atoms with E-state index < -0.39 is 0 Å². The largest absolute Gasteiger partial charge is 0.492 e. The zero-order valence-electron chi connectivity index (χ0n) is 12.9. The van der Waals surface area contributed by atoms with E-state index in [9.17, 15) is 0 Å². The van der Waals surface area contributed by atoms with Crippen molar-refractivity contribution in [2.45, 2.75) is 19.3 Å². The van der Waals surface area contributed by atoms with Gasteiger partial charge in [0.15, 0.2) is 11.5 Å². The van der Waals surface area contributed by atoms with Gasteiger partial charge in [0.25, 0.3) is 0 Å². The van der Waals surface area contributed by atoms with Crippen molar-refractivity contribution in [3.05, 3.63) is 42.4 Å². The summed E-state index contributed by atoms with van der Waals surface area (Å²) in [5, 5.41) is 0. The first kappa shape index (κ1) is 12.9. The molecule has 1 saturated heterocycles. The molecule has 0 radical (unpaired) electrons. The highest BCUT2D eigenvalue weighted by atomic mass is 16.5. The smallest absolute Gasteiger partial charge is 0.180 e. The molecule has 0 atom stereocenters. The molecule has 3 aromatic rings. The van der Waals surface area contributed by atoms with Crippen LogP contribution in [0.3, 0.4) is 0 Å². The number of fused-ring (bicyclic) bond motifs is 2. The van der Waals surface area contributed by atoms with Crippen LogP contribution >= 0.6 is 0 Å². The lowest BCUT2D eigenvalue weighted by Gasteiger charge is -2.16. The van der Waals surface area contributed by atoms with E-state index >= 15 is 0 Å². The number of ether oxygens (including phenoxy) is 1. The number of benzene rings is 1. The lowest BCUT2D eigenvalue weighted by Crippen LogP contribution is -2.19. The fourth-order valence-electron chi connectivity index (χ4n) is 3.67. The van der Waals surface area contributed by atoms with Crippen LogP contribution in [-0.4, -0.2) is 34.1 Å². The van der Waals surface area contributed by atoms with Gasteiger partial charge in [0, 0.05) is 37.5 Å². The van der Waals surface area contributed by atoms with Crippen molar-refractivity contribution in [2.75, 3.05) is 24.6 Å². The number of anilines is 1. The molecule has 1 fully saturated rings. The molecule has 0 saturated carbocycles. The molecule has 0 N–H and O–H groups in total. The molecule has 0 bridgehead atoms. The van der Waals surface area contributed by atoms with Gasteiger partial charge in [-0.1, -0.05) is 12.1 Å². The van der Waals surface area contributed by atoms with Crippen molar-refractivity contribution in [2.24, 2.45) is 0 Å². The Bertz CT molecular complexity index is 880. The Labute approximate surface area is 134 Å². The molecule has 2 aromatic heterocycles. The highest BCUT2D eigenvalue weighted by Gasteiger charge is 2.22. The van der Waals surface area contributed by atoms with Crippen molar-refractivity contribution >= 4 is 11.5 Å². The minimum atomic E-state index is 0.768. The van der Waals surface area contributed by atoms with Crippen LogP contribution in [0.2, 0.25) is 0 Å². The highest BCUT2D eigenvalue weighted by molar-refractivity contribution is 5.76. The summed E-state index contributed by atoms with van der Waals surface area (Å²) in [6, 6.07) is 6.36. The first-order chi connectivity index (χ1) is 11.4. The third-order valence-corrected chi connectivity index (χ3v) is 4.81. The predicted octanol–water partition coefficient (Wildman–Crippen LogP) is 2.93. The number of nitrogens with zero attached hydrogens (tertiary/aromatic N) is 4. The molecule has 1 aromatic carbocycles. The maximum atomic E-state index is 5.87. The molecule has 2 aliphatic heterocycles. The maximum absolute atomic E-state index is 5.87. The average molecular weight is 306 g/mol. The summed E-state index contributed by atoms with van der Waals surface area (Å²) in [7, 11) is 0. The second-order valence-corrected chi connectivity index (χ2v) is 6.17. The molecule has 5 nitrogen and oxygen atoms in total. The lowest BCUT2D eigenvalue weighted by atomic mass is 10.1. The van der Waals surface area contributed by atoms with Gasteiger partial charge in [-0.15, -0.1) is 0 Å². The Morgan fingerprint density at radius 1 is 1.09 bits per heavy atom. The standard InChI is InChI=1S/C18H18N4O/c1-2-9-21(8-1)17-18-20-12-15(22(18)10-7-19-17)14-5-3-4-13-6-11-23-16(13)14/h3-5,7,10,12H,1-2,6,8-9,11H2. The zero-order valence-corrected chi connectivity index (χ0v) is 12.9. The van der Waals surface area contributed by atoms with Gasteiger partial charge < -0.3 is 9.64 Å². The molecule has 0 aliphatic carbocycles. The Balaban J connectivity index is 1.69. The molecule has 0 amide bonds. The Morgan fingerprint density at radius 3 is 2.91 bits per heavy atom. The summed E-state index contributed by atoms with van der Waals surface area (Å²) in [4.78, 5) is 11.6. The van der Waals surface area contributed by atoms with Crippen molar-refractivity contribution in [3.8, 4) is 17.0 Å². The van der Waals surface area contributed by atoms with Crippen molar-refractivity contribution in [1.29, 1.82) is 0 Å². The van der Waals surface area contributed by atoms with E-state index in [2.05, 4.69) is 37.5 Å². The third kappa shape index (κ3) is 1.92. The molecule has 4 heterocycles. The zero-order chi connectivity index (χ0) is 15.2. The molecule has 5 heteroatoms. The average Bonchev–Trinajstić information content (AvgIpc) is 3.33. The highest BCUT2D eigenvalue weighted by Crippen LogP contribution is 2.37. The quantitative estimate of drug-likeness (QED) is 0.730. The van der Waals surface area contributed by atoms with Crippen molar-refractivity contribution in [1.82, 2.24) is 14.4 Å². The molecule has 116 valence electrons. The summed E-state index contributed by atoms with van der Waals surface area (Å²) < 4.78 is 8.00. The summed E-state index contributed by atoms with van der Waals surface area (Å²) >= 11 is 0. The minimum Gasteiger partial charge on any atom is -0.492 e. The first-order valence-corrected chi connectivity index (χ1v) is 8.24. The van der Waals surface area contributed by atoms with Crippen LogP contribution < -0.4 is 9.64 Å². The summed E-state index contributed by atoms with van der Waals surface area (Å²) in [5.74, 6) is 2.00. The first-order valence-electron chi connectivity index (χ1n) is 8.24. The van der Waals surface area contributed by atoms with Gasteiger partial charge in [-0.2, -0.15) is 0 Å². The van der Waals surface area contributed by atoms with E-state index in [-0.39, 0.29) is 0 Å². The van der Waals surface area contributed by atoms with Gasteiger partial charge in [0.1, 0.15) is 5.75 Å². The summed E-state index contributed by atoms with van der Waals surface area (Å²) in [6.07, 6.45) is 9.25. The number of rotatable bonds is 2. The van der Waals surface area contributed by atoms with E-state index in [1.54, 1.807) is 0 Å². The normalized spacial score (nSPS) is 16.8. The summed E-state index contributed by atoms with van der Waals surface area (Å²) in [5.41, 5.74) is 4.40. The van der Waals surface area contributed by atoms with Gasteiger partial charge >= 0.3 is 0 Å². The fourth-order valence-corrected chi connectivity index (χ4v) is 3.67. The molecular formula is C18H18N4O. The number of para-hydroxylation sites is 1. The van der Waals surface area contributed by atoms with Gasteiger partial charge in [0.2, 0.25) is 0 Å². The van der Waals surface area contributed by atoms with Gasteiger partial charge in [0.05, 0.1) is 18.5 Å². The van der Waals surface area contributed by atoms with E-state index in [0.29, 0.717) is 0 Å². The Hall–Kier alpha value is -2.56. The lowest BCUT2D eigenvalue weighted by molar-refractivity contribution is 0.358. The monoisotopic (exact) mass is 306 g/mol. The second-order valence-electron chi connectivity index (χ2n) is 6.17. The third-order valence-electron chi connectivity index (χ3n) is 4.81. The molecule has 2 aliphatic rings. The number of aromatic nitrogens is 3. The molecule has 23 heavy (non-hydrogen) atoms. The number of hydrogen-bond acceptors (Lipinski definition) is 4. The molecular weight excluding hydrogens is 288 g/mol. The maximum Gasteiger partial charge on any atom is 0.180 e. The molecule has 0 unspecified atom stereocenters. The van der Waals surface area contributed by atoms with E-state index in [4.69, 9.17) is 4.74 Å². The Morgan fingerprint density at radius 2 is 2.00 bits per heavy atom. The van der Waals surface area contributed by atoms with Crippen LogP contribution in [-0.2, 0) is 6.42 Å². The van der Waals surface area contributed by atoms with Crippen LogP contribution in [0.4, 0.5) is 5.82 Å².